The molecule has 2 rings (SSSR count). The first kappa shape index (κ1) is 14.0. The highest BCUT2D eigenvalue weighted by Gasteiger charge is 2.17. The highest BCUT2D eigenvalue weighted by Crippen LogP contribution is 2.23. The van der Waals surface area contributed by atoms with E-state index in [0.717, 1.165) is 31.6 Å². The van der Waals surface area contributed by atoms with Crippen LogP contribution in [0.5, 0.6) is 0 Å². The van der Waals surface area contributed by atoms with Gasteiger partial charge in [0.1, 0.15) is 5.69 Å². The number of nitrogens with zero attached hydrogens (tertiary/aromatic N) is 2. The Kier molecular flexibility index (Phi) is 5.97. The third-order valence-corrected chi connectivity index (χ3v) is 2.67. The topological polar surface area (TPSA) is 37.8 Å². The molecule has 1 aliphatic rings. The fraction of sp³-hybridized carbons (Fsp3) is 0.667. The van der Waals surface area contributed by atoms with Crippen molar-refractivity contribution in [3.05, 3.63) is 23.8 Å². The van der Waals surface area contributed by atoms with Crippen molar-refractivity contribution < 1.29 is 8.78 Å². The Morgan fingerprint density at radius 1 is 1.18 bits per heavy atom. The Balaban J connectivity index is 0.000000686. The van der Waals surface area contributed by atoms with Gasteiger partial charge in [-0.15, -0.1) is 0 Å². The number of halogens is 2. The minimum absolute atomic E-state index is 0.243. The largest absolute Gasteiger partial charge is 0.317 e. The van der Waals surface area contributed by atoms with Crippen molar-refractivity contribution in [2.24, 2.45) is 0 Å². The van der Waals surface area contributed by atoms with Gasteiger partial charge in [0.15, 0.2) is 0 Å². The Morgan fingerprint density at radius 2 is 1.82 bits per heavy atom. The first-order chi connectivity index (χ1) is 8.27. The standard InChI is InChI=1S/C10H13F2N3.C2H6/c11-10(12)9-6-14-8(5-15-9)7-1-3-13-4-2-7;1-2/h5-7,10,13H,1-4H2;1-2H3. The van der Waals surface area contributed by atoms with E-state index in [9.17, 15) is 8.78 Å². The van der Waals surface area contributed by atoms with Gasteiger partial charge in [0, 0.05) is 12.1 Å². The maximum atomic E-state index is 12.2. The SMILES string of the molecule is CC.FC(F)c1cnc(C2CCNCC2)cn1. The van der Waals surface area contributed by atoms with E-state index in [1.807, 2.05) is 13.8 Å². The average Bonchev–Trinajstić information content (AvgIpc) is 2.42. The molecule has 0 aliphatic carbocycles. The highest BCUT2D eigenvalue weighted by molar-refractivity contribution is 5.09. The van der Waals surface area contributed by atoms with Gasteiger partial charge in [-0.25, -0.2) is 8.78 Å². The first-order valence-electron chi connectivity index (χ1n) is 6.08. The summed E-state index contributed by atoms with van der Waals surface area (Å²) in [5.74, 6) is 0.366. The lowest BCUT2D eigenvalue weighted by atomic mass is 9.95. The molecule has 1 aliphatic heterocycles. The van der Waals surface area contributed by atoms with E-state index in [4.69, 9.17) is 0 Å². The van der Waals surface area contributed by atoms with Crippen LogP contribution in [0.15, 0.2) is 12.4 Å². The fourth-order valence-corrected chi connectivity index (χ4v) is 1.79. The van der Waals surface area contributed by atoms with Crippen LogP contribution in [0, 0.1) is 0 Å². The van der Waals surface area contributed by atoms with Crippen LogP contribution in [-0.4, -0.2) is 23.1 Å². The van der Waals surface area contributed by atoms with E-state index >= 15 is 0 Å². The fourth-order valence-electron chi connectivity index (χ4n) is 1.79. The molecular formula is C12H19F2N3. The zero-order valence-corrected chi connectivity index (χ0v) is 10.3. The second-order valence-corrected chi connectivity index (χ2v) is 3.69. The van der Waals surface area contributed by atoms with Crippen LogP contribution in [0.1, 0.15) is 50.4 Å². The predicted molar refractivity (Wildman–Crippen MR) is 63.2 cm³/mol. The third-order valence-electron chi connectivity index (χ3n) is 2.67. The molecule has 0 saturated carbocycles. The molecule has 1 N–H and O–H groups in total. The maximum absolute atomic E-state index is 12.2. The van der Waals surface area contributed by atoms with E-state index in [0.29, 0.717) is 5.92 Å². The maximum Gasteiger partial charge on any atom is 0.281 e. The summed E-state index contributed by atoms with van der Waals surface area (Å²) in [6.45, 7) is 5.92. The number of hydrogen-bond donors (Lipinski definition) is 1. The number of hydrogen-bond acceptors (Lipinski definition) is 3. The summed E-state index contributed by atoms with van der Waals surface area (Å²) in [7, 11) is 0. The first-order valence-corrected chi connectivity index (χ1v) is 6.08. The molecule has 0 atom stereocenters. The molecule has 0 amide bonds. The van der Waals surface area contributed by atoms with Gasteiger partial charge in [-0.2, -0.15) is 0 Å². The molecular weight excluding hydrogens is 224 g/mol. The second-order valence-electron chi connectivity index (χ2n) is 3.69. The lowest BCUT2D eigenvalue weighted by Crippen LogP contribution is -2.27. The lowest BCUT2D eigenvalue weighted by molar-refractivity contribution is 0.145. The summed E-state index contributed by atoms with van der Waals surface area (Å²) < 4.78 is 24.5. The highest BCUT2D eigenvalue weighted by atomic mass is 19.3. The number of rotatable bonds is 2. The van der Waals surface area contributed by atoms with Crippen LogP contribution in [0.25, 0.3) is 0 Å². The van der Waals surface area contributed by atoms with E-state index < -0.39 is 6.43 Å². The zero-order chi connectivity index (χ0) is 12.7. The molecule has 1 aromatic heterocycles. The van der Waals surface area contributed by atoms with Crippen LogP contribution >= 0.6 is 0 Å². The molecule has 17 heavy (non-hydrogen) atoms. The van der Waals surface area contributed by atoms with E-state index in [-0.39, 0.29) is 5.69 Å². The number of nitrogens with one attached hydrogen (secondary N) is 1. The summed E-state index contributed by atoms with van der Waals surface area (Å²) in [6.07, 6.45) is 2.14. The Morgan fingerprint density at radius 3 is 2.29 bits per heavy atom. The molecule has 2 heterocycles. The molecule has 1 saturated heterocycles. The van der Waals surface area contributed by atoms with Gasteiger partial charge in [-0.3, -0.25) is 9.97 Å². The minimum atomic E-state index is -2.53. The molecule has 1 fully saturated rings. The summed E-state index contributed by atoms with van der Waals surface area (Å²) in [5, 5.41) is 3.25. The zero-order valence-electron chi connectivity index (χ0n) is 10.3. The molecule has 1 aromatic rings. The predicted octanol–water partition coefficient (Wildman–Crippen LogP) is 2.91. The second kappa shape index (κ2) is 7.27. The van der Waals surface area contributed by atoms with Gasteiger partial charge in [-0.05, 0) is 25.9 Å². The van der Waals surface area contributed by atoms with Gasteiger partial charge in [0.2, 0.25) is 0 Å². The van der Waals surface area contributed by atoms with Crippen molar-refractivity contribution in [1.29, 1.82) is 0 Å². The van der Waals surface area contributed by atoms with Gasteiger partial charge >= 0.3 is 0 Å². The van der Waals surface area contributed by atoms with Crippen LogP contribution in [-0.2, 0) is 0 Å². The van der Waals surface area contributed by atoms with Gasteiger partial charge < -0.3 is 5.32 Å². The van der Waals surface area contributed by atoms with Crippen LogP contribution in [0.4, 0.5) is 8.78 Å². The molecule has 0 bridgehead atoms. The molecule has 3 nitrogen and oxygen atoms in total. The Hall–Kier alpha value is -1.10. The normalized spacial score (nSPS) is 16.5. The Bertz CT molecular complexity index is 308. The van der Waals surface area contributed by atoms with Gasteiger partial charge in [-0.1, -0.05) is 13.8 Å². The van der Waals surface area contributed by atoms with Crippen molar-refractivity contribution in [1.82, 2.24) is 15.3 Å². The summed E-state index contributed by atoms with van der Waals surface area (Å²) in [5.41, 5.74) is 0.591. The van der Waals surface area contributed by atoms with Crippen molar-refractivity contribution in [2.75, 3.05) is 13.1 Å². The van der Waals surface area contributed by atoms with Crippen LogP contribution in [0.3, 0.4) is 0 Å². The molecule has 96 valence electrons. The van der Waals surface area contributed by atoms with Crippen molar-refractivity contribution >= 4 is 0 Å². The quantitative estimate of drug-likeness (QED) is 0.867. The Labute approximate surface area is 101 Å². The summed E-state index contributed by atoms with van der Waals surface area (Å²) in [4.78, 5) is 7.77. The summed E-state index contributed by atoms with van der Waals surface area (Å²) in [6, 6.07) is 0. The minimum Gasteiger partial charge on any atom is -0.317 e. The molecule has 0 spiro atoms. The lowest BCUT2D eigenvalue weighted by Gasteiger charge is -2.21. The van der Waals surface area contributed by atoms with Gasteiger partial charge in [0.05, 0.1) is 11.9 Å². The van der Waals surface area contributed by atoms with E-state index in [1.165, 1.54) is 12.4 Å². The van der Waals surface area contributed by atoms with E-state index in [1.54, 1.807) is 0 Å². The van der Waals surface area contributed by atoms with Crippen molar-refractivity contribution in [3.63, 3.8) is 0 Å². The van der Waals surface area contributed by atoms with E-state index in [2.05, 4.69) is 15.3 Å². The molecule has 5 heteroatoms. The summed E-state index contributed by atoms with van der Waals surface area (Å²) >= 11 is 0. The monoisotopic (exact) mass is 243 g/mol. The van der Waals surface area contributed by atoms with Crippen molar-refractivity contribution in [2.45, 2.75) is 39.0 Å². The molecule has 0 radical (unpaired) electrons. The molecule has 0 aromatic carbocycles. The number of aromatic nitrogens is 2. The van der Waals surface area contributed by atoms with Crippen LogP contribution < -0.4 is 5.32 Å². The number of alkyl halides is 2. The average molecular weight is 243 g/mol. The van der Waals surface area contributed by atoms with Crippen LogP contribution in [0.2, 0.25) is 0 Å². The molecule has 0 unspecified atom stereocenters. The third kappa shape index (κ3) is 4.00. The van der Waals surface area contributed by atoms with Crippen molar-refractivity contribution in [3.8, 4) is 0 Å². The van der Waals surface area contributed by atoms with Gasteiger partial charge in [0.25, 0.3) is 6.43 Å². The smallest absolute Gasteiger partial charge is 0.281 e. The number of piperidine rings is 1.